The Hall–Kier alpha value is -2.14. The van der Waals surface area contributed by atoms with Crippen LogP contribution in [0.15, 0.2) is 47.3 Å². The van der Waals surface area contributed by atoms with Crippen molar-refractivity contribution in [3.8, 4) is 0 Å². The average molecular weight is 344 g/mol. The van der Waals surface area contributed by atoms with Crippen molar-refractivity contribution in [2.75, 3.05) is 33.2 Å². The van der Waals surface area contributed by atoms with Gasteiger partial charge >= 0.3 is 0 Å². The molecule has 1 atom stereocenters. The minimum atomic E-state index is -0.124. The Morgan fingerprint density at radius 3 is 2.96 bits per heavy atom. The first-order valence-electron chi connectivity index (χ1n) is 8.87. The van der Waals surface area contributed by atoms with E-state index in [-0.39, 0.29) is 11.7 Å². The van der Waals surface area contributed by atoms with Crippen molar-refractivity contribution in [2.24, 2.45) is 5.92 Å². The molecule has 2 aromatic rings. The van der Waals surface area contributed by atoms with Gasteiger partial charge < -0.3 is 14.2 Å². The van der Waals surface area contributed by atoms with E-state index >= 15 is 0 Å². The summed E-state index contributed by atoms with van der Waals surface area (Å²) < 4.78 is 18.7. The van der Waals surface area contributed by atoms with Crippen molar-refractivity contribution < 1.29 is 13.6 Å². The number of amides is 1. The fourth-order valence-corrected chi connectivity index (χ4v) is 3.56. The van der Waals surface area contributed by atoms with E-state index in [9.17, 15) is 9.18 Å². The molecule has 0 aliphatic carbocycles. The second-order valence-electron chi connectivity index (χ2n) is 6.85. The number of carbonyl (C=O) groups is 1. The molecule has 0 unspecified atom stereocenters. The average Bonchev–Trinajstić information content (AvgIpc) is 3.15. The van der Waals surface area contributed by atoms with Gasteiger partial charge in [0, 0.05) is 26.7 Å². The highest BCUT2D eigenvalue weighted by Crippen LogP contribution is 2.19. The number of halogens is 1. The molecule has 4 nitrogen and oxygen atoms in total. The largest absolute Gasteiger partial charge is 0.472 e. The summed E-state index contributed by atoms with van der Waals surface area (Å²) >= 11 is 0. The van der Waals surface area contributed by atoms with E-state index < -0.39 is 0 Å². The zero-order chi connectivity index (χ0) is 17.6. The molecule has 1 aromatic carbocycles. The molecular formula is C20H25FN2O2. The molecule has 1 saturated heterocycles. The van der Waals surface area contributed by atoms with E-state index in [0.717, 1.165) is 51.0 Å². The molecule has 25 heavy (non-hydrogen) atoms. The summed E-state index contributed by atoms with van der Waals surface area (Å²) in [6.07, 6.45) is 5.98. The predicted octanol–water partition coefficient (Wildman–Crippen LogP) is 3.45. The van der Waals surface area contributed by atoms with Gasteiger partial charge in [-0.15, -0.1) is 0 Å². The molecule has 1 aromatic heterocycles. The van der Waals surface area contributed by atoms with Crippen LogP contribution in [0.5, 0.6) is 0 Å². The van der Waals surface area contributed by atoms with Gasteiger partial charge in [0.25, 0.3) is 5.91 Å². The third-order valence-corrected chi connectivity index (χ3v) is 4.91. The number of likely N-dealkylation sites (tertiary alicyclic amines) is 1. The van der Waals surface area contributed by atoms with E-state index in [4.69, 9.17) is 4.42 Å². The van der Waals surface area contributed by atoms with Crippen LogP contribution >= 0.6 is 0 Å². The lowest BCUT2D eigenvalue weighted by molar-refractivity contribution is 0.0729. The number of furan rings is 1. The minimum Gasteiger partial charge on any atom is -0.472 e. The molecule has 5 heteroatoms. The fourth-order valence-electron chi connectivity index (χ4n) is 3.56. The summed E-state index contributed by atoms with van der Waals surface area (Å²) in [6.45, 7) is 3.60. The monoisotopic (exact) mass is 344 g/mol. The standard InChI is InChI=1S/C20H25FN2O2/c1-22(20(24)18-9-12-25-15-18)13-16-5-4-10-23(14-16)11-8-17-6-2-3-7-19(17)21/h2-3,6-7,9,12,15-16H,4-5,8,10-11,13-14H2,1H3/t16-/m1/s1. The van der Waals surface area contributed by atoms with Crippen molar-refractivity contribution in [3.05, 3.63) is 59.8 Å². The summed E-state index contributed by atoms with van der Waals surface area (Å²) in [7, 11) is 1.84. The molecule has 134 valence electrons. The number of piperidine rings is 1. The maximum Gasteiger partial charge on any atom is 0.256 e. The van der Waals surface area contributed by atoms with E-state index in [0.29, 0.717) is 11.5 Å². The van der Waals surface area contributed by atoms with Crippen LogP contribution in [-0.2, 0) is 6.42 Å². The Kier molecular flexibility index (Phi) is 5.87. The normalized spacial score (nSPS) is 18.2. The lowest BCUT2D eigenvalue weighted by atomic mass is 9.97. The number of rotatable bonds is 6. The maximum atomic E-state index is 13.7. The van der Waals surface area contributed by atoms with Crippen molar-refractivity contribution in [1.82, 2.24) is 9.80 Å². The quantitative estimate of drug-likeness (QED) is 0.805. The highest BCUT2D eigenvalue weighted by Gasteiger charge is 2.23. The second-order valence-corrected chi connectivity index (χ2v) is 6.85. The molecule has 0 bridgehead atoms. The number of hydrogen-bond donors (Lipinski definition) is 0. The number of carbonyl (C=O) groups excluding carboxylic acids is 1. The SMILES string of the molecule is CN(C[C@H]1CCCN(CCc2ccccc2F)C1)C(=O)c1ccoc1. The molecular weight excluding hydrogens is 319 g/mol. The van der Waals surface area contributed by atoms with Gasteiger partial charge in [0.1, 0.15) is 12.1 Å². The van der Waals surface area contributed by atoms with Gasteiger partial charge in [-0.05, 0) is 49.4 Å². The van der Waals surface area contributed by atoms with E-state index in [1.54, 1.807) is 17.0 Å². The second kappa shape index (κ2) is 8.30. The smallest absolute Gasteiger partial charge is 0.256 e. The molecule has 0 spiro atoms. The molecule has 1 aliphatic rings. The molecule has 0 saturated carbocycles. The molecule has 0 N–H and O–H groups in total. The first-order chi connectivity index (χ1) is 12.1. The van der Waals surface area contributed by atoms with Gasteiger partial charge in [0.05, 0.1) is 11.8 Å². The van der Waals surface area contributed by atoms with Gasteiger partial charge in [-0.1, -0.05) is 18.2 Å². The Morgan fingerprint density at radius 2 is 2.20 bits per heavy atom. The topological polar surface area (TPSA) is 36.7 Å². The highest BCUT2D eigenvalue weighted by molar-refractivity contribution is 5.93. The molecule has 0 radical (unpaired) electrons. The Labute approximate surface area is 148 Å². The summed E-state index contributed by atoms with van der Waals surface area (Å²) in [4.78, 5) is 16.5. The van der Waals surface area contributed by atoms with Crippen LogP contribution in [-0.4, -0.2) is 48.9 Å². The zero-order valence-corrected chi connectivity index (χ0v) is 14.7. The third-order valence-electron chi connectivity index (χ3n) is 4.91. The van der Waals surface area contributed by atoms with Gasteiger partial charge in [-0.25, -0.2) is 4.39 Å². The van der Waals surface area contributed by atoms with Crippen molar-refractivity contribution in [3.63, 3.8) is 0 Å². The minimum absolute atomic E-state index is 0.00256. The van der Waals surface area contributed by atoms with Crippen LogP contribution < -0.4 is 0 Å². The predicted molar refractivity (Wildman–Crippen MR) is 94.9 cm³/mol. The maximum absolute atomic E-state index is 13.7. The number of nitrogens with zero attached hydrogens (tertiary/aromatic N) is 2. The number of hydrogen-bond acceptors (Lipinski definition) is 3. The Balaban J connectivity index is 1.49. The summed E-state index contributed by atoms with van der Waals surface area (Å²) in [5.41, 5.74) is 1.37. The van der Waals surface area contributed by atoms with Crippen LogP contribution in [0.4, 0.5) is 4.39 Å². The Morgan fingerprint density at radius 1 is 1.36 bits per heavy atom. The first-order valence-corrected chi connectivity index (χ1v) is 8.87. The molecule has 3 rings (SSSR count). The van der Waals surface area contributed by atoms with E-state index in [1.165, 1.54) is 18.6 Å². The van der Waals surface area contributed by atoms with Gasteiger partial charge in [0.2, 0.25) is 0 Å². The lowest BCUT2D eigenvalue weighted by Crippen LogP contribution is -2.42. The third kappa shape index (κ3) is 4.69. The van der Waals surface area contributed by atoms with Gasteiger partial charge in [-0.2, -0.15) is 0 Å². The van der Waals surface area contributed by atoms with Crippen molar-refractivity contribution in [1.29, 1.82) is 0 Å². The molecule has 2 heterocycles. The van der Waals surface area contributed by atoms with Gasteiger partial charge in [-0.3, -0.25) is 4.79 Å². The summed E-state index contributed by atoms with van der Waals surface area (Å²) in [5, 5.41) is 0. The summed E-state index contributed by atoms with van der Waals surface area (Å²) in [6, 6.07) is 8.68. The molecule has 1 amide bonds. The van der Waals surface area contributed by atoms with Crippen LogP contribution in [0.25, 0.3) is 0 Å². The van der Waals surface area contributed by atoms with Crippen molar-refractivity contribution >= 4 is 5.91 Å². The summed E-state index contributed by atoms with van der Waals surface area (Å²) in [5.74, 6) is 0.328. The van der Waals surface area contributed by atoms with Crippen LogP contribution in [0, 0.1) is 11.7 Å². The lowest BCUT2D eigenvalue weighted by Gasteiger charge is -2.34. The molecule has 1 fully saturated rings. The Bertz CT molecular complexity index is 687. The van der Waals surface area contributed by atoms with E-state index in [2.05, 4.69) is 4.90 Å². The highest BCUT2D eigenvalue weighted by atomic mass is 19.1. The van der Waals surface area contributed by atoms with Crippen LogP contribution in [0.1, 0.15) is 28.8 Å². The first kappa shape index (κ1) is 17.7. The molecule has 1 aliphatic heterocycles. The fraction of sp³-hybridized carbons (Fsp3) is 0.450. The van der Waals surface area contributed by atoms with Crippen molar-refractivity contribution in [2.45, 2.75) is 19.3 Å². The number of benzene rings is 1. The van der Waals surface area contributed by atoms with Crippen LogP contribution in [0.3, 0.4) is 0 Å². The zero-order valence-electron chi connectivity index (χ0n) is 14.7. The van der Waals surface area contributed by atoms with Crippen LogP contribution in [0.2, 0.25) is 0 Å². The van der Waals surface area contributed by atoms with E-state index in [1.807, 2.05) is 19.2 Å². The van der Waals surface area contributed by atoms with Gasteiger partial charge in [0.15, 0.2) is 0 Å².